The van der Waals surface area contributed by atoms with Crippen molar-refractivity contribution in [1.82, 2.24) is 9.88 Å². The highest BCUT2D eigenvalue weighted by Gasteiger charge is 2.24. The third kappa shape index (κ3) is 2.85. The maximum atomic E-state index is 10.6. The molecule has 1 atom stereocenters. The third-order valence-electron chi connectivity index (χ3n) is 3.19. The molecule has 1 N–H and O–H groups in total. The summed E-state index contributed by atoms with van der Waals surface area (Å²) >= 11 is 0. The molecule has 0 saturated carbocycles. The van der Waals surface area contributed by atoms with E-state index in [1.807, 2.05) is 6.92 Å². The van der Waals surface area contributed by atoms with Crippen LogP contribution in [-0.2, 0) is 11.2 Å². The van der Waals surface area contributed by atoms with E-state index in [9.17, 15) is 4.79 Å². The van der Waals surface area contributed by atoms with Crippen LogP contribution in [0.5, 0.6) is 0 Å². The van der Waals surface area contributed by atoms with Crippen molar-refractivity contribution in [3.63, 3.8) is 0 Å². The fourth-order valence-electron chi connectivity index (χ4n) is 2.44. The van der Waals surface area contributed by atoms with Crippen molar-refractivity contribution in [1.29, 1.82) is 0 Å². The highest BCUT2D eigenvalue weighted by atomic mass is 16.4. The van der Waals surface area contributed by atoms with Gasteiger partial charge in [-0.05, 0) is 33.4 Å². The second kappa shape index (κ2) is 4.87. The lowest BCUT2D eigenvalue weighted by atomic mass is 9.94. The molecule has 0 aliphatic carbocycles. The average Bonchev–Trinajstić information content (AvgIpc) is 2.58. The molecule has 94 valence electrons. The van der Waals surface area contributed by atoms with Gasteiger partial charge >= 0.3 is 5.97 Å². The normalized spacial score (nSPS) is 21.6. The number of aryl methyl sites for hydroxylation is 1. The summed E-state index contributed by atoms with van der Waals surface area (Å²) in [6, 6.07) is 0. The Balaban J connectivity index is 2.14. The Hall–Kier alpha value is -1.36. The van der Waals surface area contributed by atoms with Crippen LogP contribution in [0.3, 0.4) is 0 Å². The second-order valence-corrected chi connectivity index (χ2v) is 4.72. The van der Waals surface area contributed by atoms with Crippen LogP contribution in [0.4, 0.5) is 0 Å². The molecule has 2 heterocycles. The van der Waals surface area contributed by atoms with E-state index in [1.54, 1.807) is 0 Å². The molecule has 2 rings (SSSR count). The molecule has 0 radical (unpaired) electrons. The van der Waals surface area contributed by atoms with E-state index < -0.39 is 5.97 Å². The largest absolute Gasteiger partial charge is 0.481 e. The molecule has 1 fully saturated rings. The van der Waals surface area contributed by atoms with Gasteiger partial charge < -0.3 is 14.4 Å². The van der Waals surface area contributed by atoms with Crippen molar-refractivity contribution in [2.24, 2.45) is 0 Å². The number of rotatable bonds is 3. The Morgan fingerprint density at radius 2 is 2.41 bits per heavy atom. The molecule has 0 amide bonds. The van der Waals surface area contributed by atoms with Crippen LogP contribution in [0.1, 0.15) is 36.1 Å². The Labute approximate surface area is 100 Å². The molecule has 0 spiro atoms. The monoisotopic (exact) mass is 238 g/mol. The highest BCUT2D eigenvalue weighted by Crippen LogP contribution is 2.28. The third-order valence-corrected chi connectivity index (χ3v) is 3.19. The van der Waals surface area contributed by atoms with Gasteiger partial charge in [0.05, 0.1) is 5.69 Å². The summed E-state index contributed by atoms with van der Waals surface area (Å²) in [7, 11) is 2.10. The summed E-state index contributed by atoms with van der Waals surface area (Å²) in [5.74, 6) is 0.554. The fourth-order valence-corrected chi connectivity index (χ4v) is 2.44. The van der Waals surface area contributed by atoms with Crippen LogP contribution in [-0.4, -0.2) is 41.1 Å². The van der Waals surface area contributed by atoms with E-state index in [0.717, 1.165) is 37.4 Å². The Morgan fingerprint density at radius 3 is 3.06 bits per heavy atom. The quantitative estimate of drug-likeness (QED) is 0.862. The Morgan fingerprint density at radius 1 is 1.65 bits per heavy atom. The number of carbonyl (C=O) groups is 1. The van der Waals surface area contributed by atoms with E-state index in [0.29, 0.717) is 11.8 Å². The average molecular weight is 238 g/mol. The first-order valence-electron chi connectivity index (χ1n) is 5.93. The van der Waals surface area contributed by atoms with E-state index in [4.69, 9.17) is 9.52 Å². The number of hydrogen-bond donors (Lipinski definition) is 1. The number of oxazole rings is 1. The van der Waals surface area contributed by atoms with Gasteiger partial charge in [-0.15, -0.1) is 0 Å². The minimum Gasteiger partial charge on any atom is -0.481 e. The molecule has 17 heavy (non-hydrogen) atoms. The van der Waals surface area contributed by atoms with Gasteiger partial charge in [0, 0.05) is 12.5 Å². The zero-order valence-corrected chi connectivity index (χ0v) is 10.3. The van der Waals surface area contributed by atoms with E-state index in [2.05, 4.69) is 16.9 Å². The molecule has 0 aromatic carbocycles. The van der Waals surface area contributed by atoms with Crippen LogP contribution in [0.25, 0.3) is 0 Å². The lowest BCUT2D eigenvalue weighted by molar-refractivity contribution is -0.136. The van der Waals surface area contributed by atoms with Crippen molar-refractivity contribution >= 4 is 5.97 Å². The molecule has 1 saturated heterocycles. The molecule has 1 aromatic rings. The zero-order valence-electron chi connectivity index (χ0n) is 10.3. The van der Waals surface area contributed by atoms with Gasteiger partial charge in [-0.25, -0.2) is 4.98 Å². The van der Waals surface area contributed by atoms with Crippen LogP contribution in [0.15, 0.2) is 4.42 Å². The molecular weight excluding hydrogens is 220 g/mol. The molecular formula is C12H18N2O3. The van der Waals surface area contributed by atoms with E-state index in [-0.39, 0.29) is 6.42 Å². The van der Waals surface area contributed by atoms with Gasteiger partial charge in [-0.1, -0.05) is 0 Å². The summed E-state index contributed by atoms with van der Waals surface area (Å²) in [4.78, 5) is 17.2. The SMILES string of the molecule is Cc1oc(CC(=O)O)nc1C1CCCN(C)C1. The number of likely N-dealkylation sites (N-methyl/N-ethyl adjacent to an activating group) is 1. The molecule has 1 aliphatic heterocycles. The minimum atomic E-state index is -0.904. The summed E-state index contributed by atoms with van der Waals surface area (Å²) in [5.41, 5.74) is 0.938. The Kier molecular flexibility index (Phi) is 3.47. The number of piperidine rings is 1. The van der Waals surface area contributed by atoms with Gasteiger partial charge in [0.15, 0.2) is 0 Å². The van der Waals surface area contributed by atoms with Crippen LogP contribution < -0.4 is 0 Å². The number of aromatic nitrogens is 1. The van der Waals surface area contributed by atoms with E-state index >= 15 is 0 Å². The highest BCUT2D eigenvalue weighted by molar-refractivity contribution is 5.68. The topological polar surface area (TPSA) is 66.6 Å². The number of carboxylic acids is 1. The van der Waals surface area contributed by atoms with Gasteiger partial charge in [0.1, 0.15) is 12.2 Å². The lowest BCUT2D eigenvalue weighted by Gasteiger charge is -2.28. The van der Waals surface area contributed by atoms with Crippen molar-refractivity contribution in [3.05, 3.63) is 17.3 Å². The molecule has 1 aliphatic rings. The van der Waals surface area contributed by atoms with Gasteiger partial charge in [0.25, 0.3) is 0 Å². The summed E-state index contributed by atoms with van der Waals surface area (Å²) in [5, 5.41) is 8.71. The lowest BCUT2D eigenvalue weighted by Crippen LogP contribution is -2.31. The summed E-state index contributed by atoms with van der Waals surface area (Å²) < 4.78 is 5.40. The van der Waals surface area contributed by atoms with Crippen molar-refractivity contribution in [3.8, 4) is 0 Å². The maximum absolute atomic E-state index is 10.6. The van der Waals surface area contributed by atoms with Crippen LogP contribution in [0.2, 0.25) is 0 Å². The van der Waals surface area contributed by atoms with Crippen molar-refractivity contribution < 1.29 is 14.3 Å². The number of carboxylic acid groups (broad SMARTS) is 1. The predicted molar refractivity (Wildman–Crippen MR) is 62.1 cm³/mol. The Bertz CT molecular complexity index is 414. The summed E-state index contributed by atoms with van der Waals surface area (Å²) in [6.07, 6.45) is 2.12. The first-order chi connectivity index (χ1) is 8.06. The first kappa shape index (κ1) is 12.1. The van der Waals surface area contributed by atoms with Gasteiger partial charge in [0.2, 0.25) is 5.89 Å². The van der Waals surface area contributed by atoms with Crippen molar-refractivity contribution in [2.75, 3.05) is 20.1 Å². The molecule has 1 unspecified atom stereocenters. The minimum absolute atomic E-state index is 0.136. The molecule has 5 nitrogen and oxygen atoms in total. The van der Waals surface area contributed by atoms with E-state index in [1.165, 1.54) is 0 Å². The fraction of sp³-hybridized carbons (Fsp3) is 0.667. The summed E-state index contributed by atoms with van der Waals surface area (Å²) in [6.45, 7) is 3.96. The van der Waals surface area contributed by atoms with Crippen molar-refractivity contribution in [2.45, 2.75) is 32.1 Å². The van der Waals surface area contributed by atoms with Crippen LogP contribution in [0, 0.1) is 6.92 Å². The molecule has 0 bridgehead atoms. The number of hydrogen-bond acceptors (Lipinski definition) is 4. The standard InChI is InChI=1S/C12H18N2O3/c1-8-12(9-4-3-5-14(2)7-9)13-10(17-8)6-11(15)16/h9H,3-7H2,1-2H3,(H,15,16). The second-order valence-electron chi connectivity index (χ2n) is 4.72. The molecule has 5 heteroatoms. The smallest absolute Gasteiger partial charge is 0.312 e. The number of nitrogens with zero attached hydrogens (tertiary/aromatic N) is 2. The maximum Gasteiger partial charge on any atom is 0.312 e. The number of likely N-dealkylation sites (tertiary alicyclic amines) is 1. The first-order valence-corrected chi connectivity index (χ1v) is 5.93. The van der Waals surface area contributed by atoms with Crippen LogP contribution >= 0.6 is 0 Å². The van der Waals surface area contributed by atoms with Gasteiger partial charge in [-0.2, -0.15) is 0 Å². The van der Waals surface area contributed by atoms with Gasteiger partial charge in [-0.3, -0.25) is 4.79 Å². The zero-order chi connectivity index (χ0) is 12.4. The number of aliphatic carboxylic acids is 1. The predicted octanol–water partition coefficient (Wildman–Crippen LogP) is 1.42. The molecule has 1 aromatic heterocycles.